The molecule has 0 aliphatic carbocycles. The molecule has 2 aliphatic heterocycles. The molecule has 8 heteroatoms. The van der Waals surface area contributed by atoms with Crippen LogP contribution < -0.4 is 0 Å². The predicted molar refractivity (Wildman–Crippen MR) is 78.4 cm³/mol. The minimum absolute atomic E-state index is 0.0952. The largest absolute Gasteiger partial charge is 0.381 e. The van der Waals surface area contributed by atoms with E-state index in [2.05, 4.69) is 9.97 Å². The van der Waals surface area contributed by atoms with Gasteiger partial charge in [0.05, 0.1) is 0 Å². The van der Waals surface area contributed by atoms with Gasteiger partial charge in [0.2, 0.25) is 0 Å². The molecule has 2 saturated heterocycles. The van der Waals surface area contributed by atoms with E-state index in [1.165, 1.54) is 0 Å². The first-order valence-corrected chi connectivity index (χ1v) is 8.98. The maximum Gasteiger partial charge on any atom is 0.374 e. The summed E-state index contributed by atoms with van der Waals surface area (Å²) in [6, 6.07) is 1.95. The monoisotopic (exact) mass is 329 g/mol. The molecule has 0 atom stereocenters. The van der Waals surface area contributed by atoms with Crippen LogP contribution in [-0.2, 0) is 15.1 Å². The van der Waals surface area contributed by atoms with Crippen LogP contribution >= 0.6 is 0 Å². The second-order valence-electron chi connectivity index (χ2n) is 5.84. The van der Waals surface area contributed by atoms with Gasteiger partial charge in [0.1, 0.15) is 5.82 Å². The highest BCUT2D eigenvalue weighted by molar-refractivity contribution is 7.83. The number of rotatable bonds is 3. The topological polar surface area (TPSA) is 72.4 Å². The maximum atomic E-state index is 13.0. The summed E-state index contributed by atoms with van der Waals surface area (Å²) in [6.45, 7) is 1.90. The maximum absolute atomic E-state index is 13.0. The number of ether oxygens (including phenoxy) is 1. The highest BCUT2D eigenvalue weighted by atomic mass is 32.3. The fraction of sp³-hybridized carbons (Fsp3) is 0.714. The van der Waals surface area contributed by atoms with Crippen LogP contribution in [-0.4, -0.2) is 49.0 Å². The summed E-state index contributed by atoms with van der Waals surface area (Å²) in [7, 11) is -4.58. The van der Waals surface area contributed by atoms with Gasteiger partial charge in [-0.15, -0.1) is 0 Å². The average Bonchev–Trinajstić information content (AvgIpc) is 2.55. The van der Waals surface area contributed by atoms with Crippen LogP contribution in [0.1, 0.15) is 49.0 Å². The zero-order chi connectivity index (χ0) is 15.6. The van der Waals surface area contributed by atoms with Gasteiger partial charge in [-0.25, -0.2) is 9.97 Å². The van der Waals surface area contributed by atoms with Gasteiger partial charge in [0, 0.05) is 50.0 Å². The molecule has 0 spiro atoms. The zero-order valence-electron chi connectivity index (χ0n) is 12.3. The van der Waals surface area contributed by atoms with Crippen LogP contribution in [0.4, 0.5) is 3.89 Å². The van der Waals surface area contributed by atoms with Crippen LogP contribution in [0.3, 0.4) is 0 Å². The van der Waals surface area contributed by atoms with E-state index in [1.807, 2.05) is 6.07 Å². The summed E-state index contributed by atoms with van der Waals surface area (Å²) < 4.78 is 41.0. The van der Waals surface area contributed by atoms with Gasteiger partial charge in [-0.2, -0.15) is 12.7 Å². The summed E-state index contributed by atoms with van der Waals surface area (Å²) >= 11 is 0. The lowest BCUT2D eigenvalue weighted by atomic mass is 9.94. The molecule has 3 rings (SSSR count). The number of piperidine rings is 1. The number of aromatic nitrogens is 2. The van der Waals surface area contributed by atoms with Gasteiger partial charge in [-0.3, -0.25) is 0 Å². The van der Waals surface area contributed by atoms with Gasteiger partial charge >= 0.3 is 10.4 Å². The normalized spacial score (nSPS) is 22.8. The Labute approximate surface area is 130 Å². The summed E-state index contributed by atoms with van der Waals surface area (Å²) in [5.41, 5.74) is 1.04. The van der Waals surface area contributed by atoms with Gasteiger partial charge in [0.25, 0.3) is 0 Å². The van der Waals surface area contributed by atoms with E-state index < -0.39 is 10.4 Å². The molecule has 0 N–H and O–H groups in total. The zero-order valence-corrected chi connectivity index (χ0v) is 13.1. The Balaban J connectivity index is 1.68. The second-order valence-corrected chi connectivity index (χ2v) is 7.18. The van der Waals surface area contributed by atoms with Gasteiger partial charge < -0.3 is 4.74 Å². The molecule has 22 heavy (non-hydrogen) atoms. The van der Waals surface area contributed by atoms with E-state index in [1.54, 1.807) is 6.20 Å². The van der Waals surface area contributed by atoms with Crippen molar-refractivity contribution in [2.24, 2.45) is 0 Å². The molecule has 2 aliphatic rings. The summed E-state index contributed by atoms with van der Waals surface area (Å²) in [4.78, 5) is 9.02. The lowest BCUT2D eigenvalue weighted by Crippen LogP contribution is -2.36. The van der Waals surface area contributed by atoms with E-state index in [0.29, 0.717) is 18.8 Å². The molecule has 2 fully saturated rings. The Kier molecular flexibility index (Phi) is 4.70. The summed E-state index contributed by atoms with van der Waals surface area (Å²) in [6.07, 6.45) is 4.82. The summed E-state index contributed by atoms with van der Waals surface area (Å²) in [5.74, 6) is 1.25. The first-order chi connectivity index (χ1) is 10.5. The Morgan fingerprint density at radius 1 is 1.14 bits per heavy atom. The van der Waals surface area contributed by atoms with E-state index >= 15 is 0 Å². The first kappa shape index (κ1) is 15.8. The molecule has 0 saturated carbocycles. The fourth-order valence-electron chi connectivity index (χ4n) is 3.14. The molecule has 0 unspecified atom stereocenters. The molecule has 1 aromatic heterocycles. The van der Waals surface area contributed by atoms with Crippen molar-refractivity contribution < 1.29 is 17.0 Å². The quantitative estimate of drug-likeness (QED) is 0.790. The predicted octanol–water partition coefficient (Wildman–Crippen LogP) is 1.76. The SMILES string of the molecule is O=S(=O)(F)N1CCC(c2nccc(C3CCOCC3)n2)CC1. The fourth-order valence-corrected chi connectivity index (χ4v) is 3.78. The highest BCUT2D eigenvalue weighted by Crippen LogP contribution is 2.30. The Morgan fingerprint density at radius 2 is 1.82 bits per heavy atom. The molecular weight excluding hydrogens is 309 g/mol. The third kappa shape index (κ3) is 3.61. The van der Waals surface area contributed by atoms with Crippen LogP contribution in [0.15, 0.2) is 12.3 Å². The van der Waals surface area contributed by atoms with Crippen molar-refractivity contribution in [3.05, 3.63) is 23.8 Å². The number of hydrogen-bond acceptors (Lipinski definition) is 5. The minimum Gasteiger partial charge on any atom is -0.381 e. The Hall–Kier alpha value is -1.12. The lowest BCUT2D eigenvalue weighted by Gasteiger charge is -2.28. The van der Waals surface area contributed by atoms with Crippen LogP contribution in [0.2, 0.25) is 0 Å². The second kappa shape index (κ2) is 6.55. The van der Waals surface area contributed by atoms with Crippen molar-refractivity contribution in [3.63, 3.8) is 0 Å². The van der Waals surface area contributed by atoms with Gasteiger partial charge in [-0.05, 0) is 31.7 Å². The number of halogens is 1. The van der Waals surface area contributed by atoms with Crippen molar-refractivity contribution in [1.29, 1.82) is 0 Å². The van der Waals surface area contributed by atoms with Gasteiger partial charge in [-0.1, -0.05) is 3.89 Å². The highest BCUT2D eigenvalue weighted by Gasteiger charge is 2.30. The molecule has 0 aromatic carbocycles. The smallest absolute Gasteiger partial charge is 0.374 e. The van der Waals surface area contributed by atoms with E-state index in [0.717, 1.165) is 41.9 Å². The Morgan fingerprint density at radius 3 is 2.45 bits per heavy atom. The minimum atomic E-state index is -4.58. The van der Waals surface area contributed by atoms with Crippen molar-refractivity contribution >= 4 is 10.4 Å². The van der Waals surface area contributed by atoms with Crippen molar-refractivity contribution in [1.82, 2.24) is 14.3 Å². The van der Waals surface area contributed by atoms with Crippen molar-refractivity contribution in [2.75, 3.05) is 26.3 Å². The molecule has 0 radical (unpaired) electrons. The van der Waals surface area contributed by atoms with E-state index in [4.69, 9.17) is 4.74 Å². The van der Waals surface area contributed by atoms with E-state index in [9.17, 15) is 12.3 Å². The first-order valence-electron chi connectivity index (χ1n) is 7.64. The molecule has 122 valence electrons. The van der Waals surface area contributed by atoms with E-state index in [-0.39, 0.29) is 19.0 Å². The third-order valence-corrected chi connectivity index (χ3v) is 5.44. The molecule has 0 amide bonds. The third-order valence-electron chi connectivity index (χ3n) is 4.46. The Bertz CT molecular complexity index is 612. The molecule has 1 aromatic rings. The van der Waals surface area contributed by atoms with Crippen LogP contribution in [0.25, 0.3) is 0 Å². The molecule has 6 nitrogen and oxygen atoms in total. The molecule has 3 heterocycles. The average molecular weight is 329 g/mol. The number of hydrogen-bond donors (Lipinski definition) is 0. The standard InChI is InChI=1S/C14H20FN3O3S/c15-22(19,20)18-7-2-12(3-8-18)14-16-6-1-13(17-14)11-4-9-21-10-5-11/h1,6,11-12H,2-5,7-10H2. The van der Waals surface area contributed by atoms with Crippen molar-refractivity contribution in [2.45, 2.75) is 37.5 Å². The molecule has 0 bridgehead atoms. The van der Waals surface area contributed by atoms with Crippen molar-refractivity contribution in [3.8, 4) is 0 Å². The molecular formula is C14H20FN3O3S. The summed E-state index contributed by atoms with van der Waals surface area (Å²) in [5, 5.41) is 0. The van der Waals surface area contributed by atoms with Gasteiger partial charge in [0.15, 0.2) is 0 Å². The van der Waals surface area contributed by atoms with Crippen LogP contribution in [0.5, 0.6) is 0 Å². The lowest BCUT2D eigenvalue weighted by molar-refractivity contribution is 0.0844. The number of nitrogens with zero attached hydrogens (tertiary/aromatic N) is 3. The van der Waals surface area contributed by atoms with Crippen LogP contribution in [0, 0.1) is 0 Å².